The number of halogens is 1. The third-order valence-corrected chi connectivity index (χ3v) is 3.31. The molecular formula is C14H14BrNO. The average Bonchev–Trinajstić information content (AvgIpc) is 2.34. The summed E-state index contributed by atoms with van der Waals surface area (Å²) in [6.07, 6.45) is 1.42. The number of hydrogen-bond acceptors (Lipinski definition) is 1. The Bertz CT molecular complexity index is 551. The molecule has 2 nitrogen and oxygen atoms in total. The summed E-state index contributed by atoms with van der Waals surface area (Å²) in [7, 11) is 0. The van der Waals surface area contributed by atoms with Gasteiger partial charge in [-0.1, -0.05) is 47.1 Å². The second-order valence-corrected chi connectivity index (χ2v) is 4.79. The number of nitrogens with one attached hydrogen (secondary N) is 1. The molecule has 2 aromatic rings. The van der Waals surface area contributed by atoms with Gasteiger partial charge in [0.25, 0.3) is 0 Å². The predicted molar refractivity (Wildman–Crippen MR) is 75.2 cm³/mol. The van der Waals surface area contributed by atoms with Gasteiger partial charge in [0.2, 0.25) is 5.91 Å². The third kappa shape index (κ3) is 2.67. The Hall–Kier alpha value is -1.35. The Morgan fingerprint density at radius 1 is 1.18 bits per heavy atom. The van der Waals surface area contributed by atoms with Crippen LogP contribution in [0.15, 0.2) is 40.9 Å². The molecule has 2 rings (SSSR count). The predicted octanol–water partition coefficient (Wildman–Crippen LogP) is 4.34. The van der Waals surface area contributed by atoms with Gasteiger partial charge >= 0.3 is 0 Å². The minimum atomic E-state index is 0.0694. The molecule has 2 aromatic carbocycles. The van der Waals surface area contributed by atoms with Crippen molar-refractivity contribution >= 4 is 38.3 Å². The number of rotatable bonds is 3. The minimum absolute atomic E-state index is 0.0694. The normalized spacial score (nSPS) is 10.5. The summed E-state index contributed by atoms with van der Waals surface area (Å²) >= 11 is 3.52. The van der Waals surface area contributed by atoms with Crippen LogP contribution >= 0.6 is 15.9 Å². The van der Waals surface area contributed by atoms with Crippen LogP contribution in [0.5, 0.6) is 0 Å². The molecule has 0 fully saturated rings. The zero-order valence-electron chi connectivity index (χ0n) is 9.66. The quantitative estimate of drug-likeness (QED) is 0.895. The van der Waals surface area contributed by atoms with Gasteiger partial charge in [-0.05, 0) is 23.9 Å². The fourth-order valence-electron chi connectivity index (χ4n) is 1.81. The van der Waals surface area contributed by atoms with Crippen molar-refractivity contribution in [3.8, 4) is 0 Å². The van der Waals surface area contributed by atoms with Crippen molar-refractivity contribution in [3.05, 3.63) is 40.9 Å². The van der Waals surface area contributed by atoms with E-state index in [2.05, 4.69) is 21.2 Å². The van der Waals surface area contributed by atoms with Crippen LogP contribution in [0.4, 0.5) is 5.69 Å². The largest absolute Gasteiger partial charge is 0.326 e. The summed E-state index contributed by atoms with van der Waals surface area (Å²) in [5, 5.41) is 5.13. The molecule has 0 saturated heterocycles. The van der Waals surface area contributed by atoms with Gasteiger partial charge in [0.05, 0.1) is 0 Å². The topological polar surface area (TPSA) is 29.1 Å². The summed E-state index contributed by atoms with van der Waals surface area (Å²) in [6.45, 7) is 2.00. The van der Waals surface area contributed by atoms with Crippen molar-refractivity contribution in [1.29, 1.82) is 0 Å². The van der Waals surface area contributed by atoms with Crippen LogP contribution in [-0.4, -0.2) is 5.91 Å². The SMILES string of the molecule is CCCC(=O)Nc1ccc(Br)c2ccccc12. The molecule has 0 atom stereocenters. The lowest BCUT2D eigenvalue weighted by atomic mass is 10.1. The number of amides is 1. The molecule has 0 spiro atoms. The minimum Gasteiger partial charge on any atom is -0.326 e. The van der Waals surface area contributed by atoms with Crippen molar-refractivity contribution in [2.75, 3.05) is 5.32 Å². The molecule has 1 N–H and O–H groups in total. The Balaban J connectivity index is 2.41. The van der Waals surface area contributed by atoms with E-state index in [0.29, 0.717) is 6.42 Å². The number of carbonyl (C=O) groups is 1. The van der Waals surface area contributed by atoms with Gasteiger partial charge in [0.15, 0.2) is 0 Å². The first-order chi connectivity index (χ1) is 8.22. The first-order valence-electron chi connectivity index (χ1n) is 5.69. The van der Waals surface area contributed by atoms with Gasteiger partial charge in [-0.2, -0.15) is 0 Å². The van der Waals surface area contributed by atoms with E-state index in [1.54, 1.807) is 0 Å². The highest BCUT2D eigenvalue weighted by Gasteiger charge is 2.06. The maximum absolute atomic E-state index is 11.6. The van der Waals surface area contributed by atoms with Gasteiger partial charge in [0.1, 0.15) is 0 Å². The Morgan fingerprint density at radius 2 is 1.88 bits per heavy atom. The summed E-state index contributed by atoms with van der Waals surface area (Å²) in [5.41, 5.74) is 0.877. The van der Waals surface area contributed by atoms with E-state index in [9.17, 15) is 4.79 Å². The molecule has 0 saturated carbocycles. The van der Waals surface area contributed by atoms with E-state index in [-0.39, 0.29) is 5.91 Å². The van der Waals surface area contributed by atoms with Gasteiger partial charge in [-0.25, -0.2) is 0 Å². The van der Waals surface area contributed by atoms with E-state index >= 15 is 0 Å². The molecule has 0 aliphatic rings. The molecule has 17 heavy (non-hydrogen) atoms. The number of anilines is 1. The Morgan fingerprint density at radius 3 is 2.59 bits per heavy atom. The highest BCUT2D eigenvalue weighted by molar-refractivity contribution is 9.10. The fraction of sp³-hybridized carbons (Fsp3) is 0.214. The lowest BCUT2D eigenvalue weighted by molar-refractivity contribution is -0.116. The number of carbonyl (C=O) groups excluding carboxylic acids is 1. The van der Waals surface area contributed by atoms with Crippen LogP contribution in [0.3, 0.4) is 0 Å². The van der Waals surface area contributed by atoms with Crippen LogP contribution in [0.1, 0.15) is 19.8 Å². The maximum Gasteiger partial charge on any atom is 0.224 e. The molecule has 0 bridgehead atoms. The van der Waals surface area contributed by atoms with E-state index in [4.69, 9.17) is 0 Å². The lowest BCUT2D eigenvalue weighted by Crippen LogP contribution is -2.10. The monoisotopic (exact) mass is 291 g/mol. The Kier molecular flexibility index (Phi) is 3.79. The van der Waals surface area contributed by atoms with Crippen molar-refractivity contribution in [1.82, 2.24) is 0 Å². The van der Waals surface area contributed by atoms with Crippen LogP contribution in [0.2, 0.25) is 0 Å². The zero-order chi connectivity index (χ0) is 12.3. The second-order valence-electron chi connectivity index (χ2n) is 3.94. The van der Waals surface area contributed by atoms with Gasteiger partial charge in [-0.15, -0.1) is 0 Å². The zero-order valence-corrected chi connectivity index (χ0v) is 11.3. The maximum atomic E-state index is 11.6. The van der Waals surface area contributed by atoms with Gasteiger partial charge < -0.3 is 5.32 Å². The summed E-state index contributed by atoms with van der Waals surface area (Å²) < 4.78 is 1.04. The number of benzene rings is 2. The highest BCUT2D eigenvalue weighted by atomic mass is 79.9. The summed E-state index contributed by atoms with van der Waals surface area (Å²) in [5.74, 6) is 0.0694. The lowest BCUT2D eigenvalue weighted by Gasteiger charge is -2.09. The van der Waals surface area contributed by atoms with Crippen molar-refractivity contribution in [2.24, 2.45) is 0 Å². The van der Waals surface area contributed by atoms with E-state index < -0.39 is 0 Å². The highest BCUT2D eigenvalue weighted by Crippen LogP contribution is 2.29. The Labute approximate surface area is 109 Å². The molecule has 0 aliphatic heterocycles. The number of fused-ring (bicyclic) bond motifs is 1. The van der Waals surface area contributed by atoms with Crippen LogP contribution in [0, 0.1) is 0 Å². The van der Waals surface area contributed by atoms with Crippen molar-refractivity contribution < 1.29 is 4.79 Å². The van der Waals surface area contributed by atoms with Crippen LogP contribution in [-0.2, 0) is 4.79 Å². The molecule has 0 unspecified atom stereocenters. The summed E-state index contributed by atoms with van der Waals surface area (Å²) in [4.78, 5) is 11.6. The molecule has 88 valence electrons. The molecule has 0 radical (unpaired) electrons. The molecule has 0 aliphatic carbocycles. The number of hydrogen-bond donors (Lipinski definition) is 1. The molecule has 1 amide bonds. The smallest absolute Gasteiger partial charge is 0.224 e. The van der Waals surface area contributed by atoms with Gasteiger partial charge in [0, 0.05) is 22.0 Å². The summed E-state index contributed by atoms with van der Waals surface area (Å²) in [6, 6.07) is 11.9. The first kappa shape index (κ1) is 12.1. The molecular weight excluding hydrogens is 278 g/mol. The first-order valence-corrected chi connectivity index (χ1v) is 6.48. The van der Waals surface area contributed by atoms with Crippen LogP contribution < -0.4 is 5.32 Å². The molecule has 0 aromatic heterocycles. The fourth-order valence-corrected chi connectivity index (χ4v) is 2.29. The van der Waals surface area contributed by atoms with E-state index in [0.717, 1.165) is 27.4 Å². The third-order valence-electron chi connectivity index (χ3n) is 2.62. The molecule has 0 heterocycles. The van der Waals surface area contributed by atoms with E-state index in [1.165, 1.54) is 0 Å². The standard InChI is InChI=1S/C14H14BrNO/c1-2-5-14(17)16-13-9-8-12(15)10-6-3-4-7-11(10)13/h3-4,6-9H,2,5H2,1H3,(H,16,17). The van der Waals surface area contributed by atoms with Crippen molar-refractivity contribution in [2.45, 2.75) is 19.8 Å². The van der Waals surface area contributed by atoms with Gasteiger partial charge in [-0.3, -0.25) is 4.79 Å². The van der Waals surface area contributed by atoms with Crippen molar-refractivity contribution in [3.63, 3.8) is 0 Å². The van der Waals surface area contributed by atoms with Crippen LogP contribution in [0.25, 0.3) is 10.8 Å². The molecule has 3 heteroatoms. The second kappa shape index (κ2) is 5.32. The van der Waals surface area contributed by atoms with E-state index in [1.807, 2.05) is 43.3 Å². The average molecular weight is 292 g/mol.